The van der Waals surface area contributed by atoms with Crippen LogP contribution in [-0.4, -0.2) is 31.3 Å². The fourth-order valence-corrected chi connectivity index (χ4v) is 2.75. The lowest BCUT2D eigenvalue weighted by molar-refractivity contribution is 0.0152. The Kier molecular flexibility index (Phi) is 4.98. The van der Waals surface area contributed by atoms with Gasteiger partial charge in [0.1, 0.15) is 0 Å². The molecule has 1 aliphatic rings. The van der Waals surface area contributed by atoms with Gasteiger partial charge < -0.3 is 10.1 Å². The van der Waals surface area contributed by atoms with E-state index >= 15 is 0 Å². The van der Waals surface area contributed by atoms with Gasteiger partial charge in [-0.2, -0.15) is 0 Å². The zero-order valence-corrected chi connectivity index (χ0v) is 11.7. The first-order valence-electron chi connectivity index (χ1n) is 6.63. The molecule has 1 N–H and O–H groups in total. The summed E-state index contributed by atoms with van der Waals surface area (Å²) >= 11 is 6.23. The summed E-state index contributed by atoms with van der Waals surface area (Å²) in [6, 6.07) is 2.03. The van der Waals surface area contributed by atoms with Gasteiger partial charge >= 0.3 is 0 Å². The maximum absolute atomic E-state index is 6.23. The first-order chi connectivity index (χ1) is 8.76. The number of nitrogens with one attached hydrogen (secondary N) is 1. The van der Waals surface area contributed by atoms with Crippen LogP contribution in [0.1, 0.15) is 25.3 Å². The zero-order chi connectivity index (χ0) is 12.8. The number of hydrogen-bond acceptors (Lipinski definition) is 3. The smallest absolute Gasteiger partial charge is 0.0621 e. The van der Waals surface area contributed by atoms with Crippen molar-refractivity contribution in [3.05, 3.63) is 29.0 Å². The summed E-state index contributed by atoms with van der Waals surface area (Å²) in [7, 11) is 0. The molecule has 1 aromatic heterocycles. The van der Waals surface area contributed by atoms with Crippen LogP contribution in [0, 0.1) is 5.41 Å². The van der Waals surface area contributed by atoms with Gasteiger partial charge in [0, 0.05) is 32.2 Å². The first kappa shape index (κ1) is 13.8. The highest BCUT2D eigenvalue weighted by Crippen LogP contribution is 2.35. The Morgan fingerprint density at radius 2 is 2.22 bits per heavy atom. The summed E-state index contributed by atoms with van der Waals surface area (Å²) in [6.45, 7) is 5.90. The van der Waals surface area contributed by atoms with Crippen LogP contribution in [0.3, 0.4) is 0 Å². The van der Waals surface area contributed by atoms with E-state index in [2.05, 4.69) is 17.2 Å². The highest BCUT2D eigenvalue weighted by Gasteiger charge is 2.32. The lowest BCUT2D eigenvalue weighted by Gasteiger charge is -2.37. The van der Waals surface area contributed by atoms with Crippen LogP contribution in [-0.2, 0) is 11.2 Å². The molecule has 2 heterocycles. The highest BCUT2D eigenvalue weighted by atomic mass is 35.5. The Balaban J connectivity index is 2.11. The molecule has 1 aromatic rings. The maximum atomic E-state index is 6.23. The number of ether oxygens (including phenoxy) is 1. The predicted molar refractivity (Wildman–Crippen MR) is 74.0 cm³/mol. The van der Waals surface area contributed by atoms with Crippen molar-refractivity contribution in [3.8, 4) is 0 Å². The van der Waals surface area contributed by atoms with Crippen LogP contribution in [0.25, 0.3) is 0 Å². The SMILES string of the molecule is CCNCC1(Cc2ccncc2Cl)CCOCC1. The van der Waals surface area contributed by atoms with E-state index < -0.39 is 0 Å². The number of rotatable bonds is 5. The van der Waals surface area contributed by atoms with E-state index in [-0.39, 0.29) is 5.41 Å². The van der Waals surface area contributed by atoms with Crippen LogP contribution in [0.5, 0.6) is 0 Å². The molecule has 18 heavy (non-hydrogen) atoms. The standard InChI is InChI=1S/C14H21ClN2O/c1-2-16-11-14(4-7-18-8-5-14)9-12-3-6-17-10-13(12)15/h3,6,10,16H,2,4-5,7-9,11H2,1H3. The Hall–Kier alpha value is -0.640. The molecular weight excluding hydrogens is 248 g/mol. The summed E-state index contributed by atoms with van der Waals surface area (Å²) in [5, 5.41) is 4.26. The van der Waals surface area contributed by atoms with E-state index in [0.29, 0.717) is 0 Å². The summed E-state index contributed by atoms with van der Waals surface area (Å²) in [5.41, 5.74) is 1.48. The van der Waals surface area contributed by atoms with Gasteiger partial charge in [0.15, 0.2) is 0 Å². The second kappa shape index (κ2) is 6.50. The van der Waals surface area contributed by atoms with Crippen LogP contribution in [0.2, 0.25) is 5.02 Å². The molecular formula is C14H21ClN2O. The van der Waals surface area contributed by atoms with Gasteiger partial charge in [-0.05, 0) is 42.9 Å². The molecule has 1 saturated heterocycles. The van der Waals surface area contributed by atoms with Gasteiger partial charge in [0.25, 0.3) is 0 Å². The molecule has 1 fully saturated rings. The molecule has 0 saturated carbocycles. The van der Waals surface area contributed by atoms with Crippen molar-refractivity contribution in [2.75, 3.05) is 26.3 Å². The van der Waals surface area contributed by atoms with Crippen LogP contribution in [0.4, 0.5) is 0 Å². The maximum Gasteiger partial charge on any atom is 0.0621 e. The number of nitrogens with zero attached hydrogens (tertiary/aromatic N) is 1. The molecule has 3 nitrogen and oxygen atoms in total. The normalized spacial score (nSPS) is 18.8. The molecule has 0 bridgehead atoms. The van der Waals surface area contributed by atoms with Gasteiger partial charge in [-0.1, -0.05) is 18.5 Å². The average Bonchev–Trinajstić information content (AvgIpc) is 2.40. The minimum Gasteiger partial charge on any atom is -0.381 e. The fraction of sp³-hybridized carbons (Fsp3) is 0.643. The molecule has 0 unspecified atom stereocenters. The number of halogens is 1. The Morgan fingerprint density at radius 3 is 2.89 bits per heavy atom. The minimum absolute atomic E-state index is 0.277. The molecule has 100 valence electrons. The van der Waals surface area contributed by atoms with E-state index in [9.17, 15) is 0 Å². The number of aromatic nitrogens is 1. The second-order valence-electron chi connectivity index (χ2n) is 5.04. The van der Waals surface area contributed by atoms with Gasteiger partial charge in [0.2, 0.25) is 0 Å². The van der Waals surface area contributed by atoms with Crippen LogP contribution >= 0.6 is 11.6 Å². The van der Waals surface area contributed by atoms with Crippen molar-refractivity contribution in [1.29, 1.82) is 0 Å². The van der Waals surface area contributed by atoms with Gasteiger partial charge in [-0.15, -0.1) is 0 Å². The van der Waals surface area contributed by atoms with Crippen molar-refractivity contribution >= 4 is 11.6 Å². The lowest BCUT2D eigenvalue weighted by Crippen LogP contribution is -2.40. The van der Waals surface area contributed by atoms with Crippen LogP contribution in [0.15, 0.2) is 18.5 Å². The van der Waals surface area contributed by atoms with E-state index in [4.69, 9.17) is 16.3 Å². The molecule has 4 heteroatoms. The molecule has 1 aliphatic heterocycles. The third-order valence-electron chi connectivity index (χ3n) is 3.73. The van der Waals surface area contributed by atoms with E-state index in [0.717, 1.165) is 50.6 Å². The van der Waals surface area contributed by atoms with Gasteiger partial charge in [-0.25, -0.2) is 0 Å². The Labute approximate surface area is 114 Å². The van der Waals surface area contributed by atoms with Gasteiger partial charge in [-0.3, -0.25) is 4.98 Å². The van der Waals surface area contributed by atoms with Crippen LogP contribution < -0.4 is 5.32 Å². The second-order valence-corrected chi connectivity index (χ2v) is 5.44. The molecule has 0 aromatic carbocycles. The van der Waals surface area contributed by atoms with Gasteiger partial charge in [0.05, 0.1) is 5.02 Å². The largest absolute Gasteiger partial charge is 0.381 e. The average molecular weight is 269 g/mol. The summed E-state index contributed by atoms with van der Waals surface area (Å²) < 4.78 is 5.50. The summed E-state index contributed by atoms with van der Waals surface area (Å²) in [5.74, 6) is 0. The highest BCUT2D eigenvalue weighted by molar-refractivity contribution is 6.31. The van der Waals surface area contributed by atoms with E-state index in [1.54, 1.807) is 6.20 Å². The first-order valence-corrected chi connectivity index (χ1v) is 7.00. The molecule has 0 atom stereocenters. The van der Waals surface area contributed by atoms with E-state index in [1.165, 1.54) is 5.56 Å². The van der Waals surface area contributed by atoms with Crippen molar-refractivity contribution in [2.24, 2.45) is 5.41 Å². The number of pyridine rings is 1. The van der Waals surface area contributed by atoms with Crippen molar-refractivity contribution in [1.82, 2.24) is 10.3 Å². The summed E-state index contributed by atoms with van der Waals surface area (Å²) in [6.07, 6.45) is 6.75. The molecule has 0 radical (unpaired) electrons. The van der Waals surface area contributed by atoms with Crippen molar-refractivity contribution in [3.63, 3.8) is 0 Å². The third-order valence-corrected chi connectivity index (χ3v) is 4.07. The summed E-state index contributed by atoms with van der Waals surface area (Å²) in [4.78, 5) is 4.05. The Morgan fingerprint density at radius 1 is 1.44 bits per heavy atom. The third kappa shape index (κ3) is 3.44. The fourth-order valence-electron chi connectivity index (χ4n) is 2.56. The van der Waals surface area contributed by atoms with Crippen molar-refractivity contribution in [2.45, 2.75) is 26.2 Å². The number of hydrogen-bond donors (Lipinski definition) is 1. The molecule has 0 aliphatic carbocycles. The Bertz CT molecular complexity index is 378. The predicted octanol–water partition coefficient (Wildman–Crippen LogP) is 2.68. The quantitative estimate of drug-likeness (QED) is 0.892. The molecule has 0 amide bonds. The lowest BCUT2D eigenvalue weighted by atomic mass is 9.75. The van der Waals surface area contributed by atoms with Crippen molar-refractivity contribution < 1.29 is 4.74 Å². The van der Waals surface area contributed by atoms with E-state index in [1.807, 2.05) is 12.3 Å². The molecule has 2 rings (SSSR count). The molecule has 0 spiro atoms. The monoisotopic (exact) mass is 268 g/mol. The topological polar surface area (TPSA) is 34.2 Å². The zero-order valence-electron chi connectivity index (χ0n) is 10.9. The minimum atomic E-state index is 0.277.